The molecule has 1 saturated carbocycles. The molecule has 2 atom stereocenters. The van der Waals surface area contributed by atoms with E-state index in [2.05, 4.69) is 28.0 Å². The molecule has 4 heteroatoms. The van der Waals surface area contributed by atoms with Gasteiger partial charge in [-0.3, -0.25) is 0 Å². The van der Waals surface area contributed by atoms with Gasteiger partial charge in [-0.15, -0.1) is 0 Å². The third-order valence-corrected chi connectivity index (χ3v) is 7.93. The minimum absolute atomic E-state index is 0.179. The Balaban J connectivity index is 1.17. The molecule has 3 fully saturated rings. The standard InChI is InChI=1S/C22H32N2O2/c25-20-15-21(26)22(20)8-12-24(13-9-22)18-6-10-23(11-7-18)19-5-4-16-2-1-3-17(16)14-19/h4-5,14,18,20-21,25-26H,1-3,6-13,15H2/t20-,21+. The van der Waals surface area contributed by atoms with Gasteiger partial charge >= 0.3 is 0 Å². The molecular weight excluding hydrogens is 324 g/mol. The number of aryl methyl sites for hydroxylation is 2. The van der Waals surface area contributed by atoms with E-state index in [1.54, 1.807) is 11.1 Å². The predicted molar refractivity (Wildman–Crippen MR) is 104 cm³/mol. The van der Waals surface area contributed by atoms with Crippen molar-refractivity contribution >= 4 is 5.69 Å². The molecule has 1 spiro atoms. The summed E-state index contributed by atoms with van der Waals surface area (Å²) in [5.41, 5.74) is 4.37. The van der Waals surface area contributed by atoms with E-state index in [9.17, 15) is 10.2 Å². The van der Waals surface area contributed by atoms with Gasteiger partial charge in [-0.05, 0) is 81.3 Å². The maximum atomic E-state index is 10.1. The van der Waals surface area contributed by atoms with Crippen LogP contribution in [0.4, 0.5) is 5.69 Å². The van der Waals surface area contributed by atoms with Crippen molar-refractivity contribution in [3.8, 4) is 0 Å². The van der Waals surface area contributed by atoms with E-state index in [1.807, 2.05) is 0 Å². The van der Waals surface area contributed by atoms with Crippen LogP contribution in [0, 0.1) is 5.41 Å². The lowest BCUT2D eigenvalue weighted by Crippen LogP contribution is -2.62. The number of aliphatic hydroxyl groups excluding tert-OH is 2. The van der Waals surface area contributed by atoms with E-state index in [1.165, 1.54) is 37.8 Å². The molecule has 2 heterocycles. The summed E-state index contributed by atoms with van der Waals surface area (Å²) in [6.07, 6.45) is 8.25. The highest BCUT2D eigenvalue weighted by Crippen LogP contribution is 2.49. The zero-order valence-corrected chi connectivity index (χ0v) is 15.7. The van der Waals surface area contributed by atoms with Crippen molar-refractivity contribution in [1.82, 2.24) is 4.90 Å². The first-order valence-corrected chi connectivity index (χ1v) is 10.6. The van der Waals surface area contributed by atoms with Gasteiger partial charge in [0.05, 0.1) is 12.2 Å². The van der Waals surface area contributed by atoms with Crippen LogP contribution in [0.3, 0.4) is 0 Å². The minimum Gasteiger partial charge on any atom is -0.392 e. The summed E-state index contributed by atoms with van der Waals surface area (Å²) in [5.74, 6) is 0. The summed E-state index contributed by atoms with van der Waals surface area (Å²) in [6, 6.07) is 7.79. The first kappa shape index (κ1) is 17.0. The SMILES string of the molecule is O[C@@H]1C[C@H](O)C12CCN(C1CCN(c3ccc4c(c3)CCC4)CC1)CC2. The van der Waals surface area contributed by atoms with Gasteiger partial charge in [-0.1, -0.05) is 6.07 Å². The molecule has 2 saturated heterocycles. The molecule has 5 rings (SSSR count). The van der Waals surface area contributed by atoms with Gasteiger partial charge in [0, 0.05) is 36.7 Å². The Bertz CT molecular complexity index is 650. The van der Waals surface area contributed by atoms with Crippen LogP contribution >= 0.6 is 0 Å². The van der Waals surface area contributed by atoms with Crippen molar-refractivity contribution < 1.29 is 10.2 Å². The highest BCUT2D eigenvalue weighted by Gasteiger charge is 2.55. The molecule has 0 radical (unpaired) electrons. The Morgan fingerprint density at radius 3 is 2.27 bits per heavy atom. The number of likely N-dealkylation sites (tertiary alicyclic amines) is 1. The summed E-state index contributed by atoms with van der Waals surface area (Å²) in [6.45, 7) is 4.38. The fourth-order valence-corrected chi connectivity index (χ4v) is 5.96. The van der Waals surface area contributed by atoms with Gasteiger partial charge in [-0.2, -0.15) is 0 Å². The molecule has 2 aliphatic heterocycles. The predicted octanol–water partition coefficient (Wildman–Crippen LogP) is 2.35. The normalized spacial score (nSPS) is 31.8. The first-order chi connectivity index (χ1) is 12.7. The largest absolute Gasteiger partial charge is 0.392 e. The lowest BCUT2D eigenvalue weighted by atomic mass is 9.58. The summed E-state index contributed by atoms with van der Waals surface area (Å²) < 4.78 is 0. The van der Waals surface area contributed by atoms with Gasteiger partial charge in [0.25, 0.3) is 0 Å². The van der Waals surface area contributed by atoms with E-state index in [-0.39, 0.29) is 17.6 Å². The molecule has 26 heavy (non-hydrogen) atoms. The number of anilines is 1. The number of nitrogens with zero attached hydrogens (tertiary/aromatic N) is 2. The van der Waals surface area contributed by atoms with Crippen LogP contribution < -0.4 is 4.90 Å². The maximum absolute atomic E-state index is 10.1. The smallest absolute Gasteiger partial charge is 0.0647 e. The molecule has 4 nitrogen and oxygen atoms in total. The molecule has 2 N–H and O–H groups in total. The number of benzene rings is 1. The Morgan fingerprint density at radius 1 is 0.885 bits per heavy atom. The molecular formula is C22H32N2O2. The molecule has 4 aliphatic rings. The maximum Gasteiger partial charge on any atom is 0.0647 e. The molecule has 2 aliphatic carbocycles. The molecule has 0 amide bonds. The van der Waals surface area contributed by atoms with Gasteiger partial charge in [0.2, 0.25) is 0 Å². The Kier molecular flexibility index (Phi) is 4.26. The Morgan fingerprint density at radius 2 is 1.58 bits per heavy atom. The van der Waals surface area contributed by atoms with Crippen LogP contribution in [0.25, 0.3) is 0 Å². The molecule has 1 aromatic carbocycles. The lowest BCUT2D eigenvalue weighted by molar-refractivity contribution is -0.192. The number of piperidine rings is 2. The molecule has 1 aromatic rings. The molecule has 0 aromatic heterocycles. The summed E-state index contributed by atoms with van der Waals surface area (Å²) in [7, 11) is 0. The average Bonchev–Trinajstić information content (AvgIpc) is 3.16. The topological polar surface area (TPSA) is 46.9 Å². The highest BCUT2D eigenvalue weighted by molar-refractivity contribution is 5.52. The summed E-state index contributed by atoms with van der Waals surface area (Å²) in [5, 5.41) is 20.3. The van der Waals surface area contributed by atoms with Crippen LogP contribution in [-0.4, -0.2) is 59.5 Å². The Labute approximate surface area is 156 Å². The van der Waals surface area contributed by atoms with Crippen molar-refractivity contribution in [2.45, 2.75) is 69.6 Å². The van der Waals surface area contributed by atoms with Crippen molar-refractivity contribution in [3.05, 3.63) is 29.3 Å². The third kappa shape index (κ3) is 2.69. The number of hydrogen-bond donors (Lipinski definition) is 2. The second-order valence-electron chi connectivity index (χ2n) is 9.06. The van der Waals surface area contributed by atoms with Gasteiger partial charge in [-0.25, -0.2) is 0 Å². The zero-order valence-electron chi connectivity index (χ0n) is 15.7. The van der Waals surface area contributed by atoms with Crippen LogP contribution in [0.15, 0.2) is 18.2 Å². The molecule has 0 unspecified atom stereocenters. The van der Waals surface area contributed by atoms with Crippen molar-refractivity contribution in [2.24, 2.45) is 5.41 Å². The average molecular weight is 357 g/mol. The molecule has 0 bridgehead atoms. The van der Waals surface area contributed by atoms with Crippen molar-refractivity contribution in [2.75, 3.05) is 31.1 Å². The lowest BCUT2D eigenvalue weighted by Gasteiger charge is -2.56. The number of rotatable bonds is 2. The van der Waals surface area contributed by atoms with E-state index in [4.69, 9.17) is 0 Å². The number of fused-ring (bicyclic) bond motifs is 1. The second-order valence-corrected chi connectivity index (χ2v) is 9.06. The minimum atomic E-state index is -0.277. The van der Waals surface area contributed by atoms with Crippen LogP contribution in [0.5, 0.6) is 0 Å². The third-order valence-electron chi connectivity index (χ3n) is 7.93. The van der Waals surface area contributed by atoms with Crippen molar-refractivity contribution in [3.63, 3.8) is 0 Å². The van der Waals surface area contributed by atoms with Crippen molar-refractivity contribution in [1.29, 1.82) is 0 Å². The van der Waals surface area contributed by atoms with E-state index in [0.29, 0.717) is 12.5 Å². The fourth-order valence-electron chi connectivity index (χ4n) is 5.96. The summed E-state index contributed by atoms with van der Waals surface area (Å²) >= 11 is 0. The van der Waals surface area contributed by atoms with Crippen LogP contribution in [0.2, 0.25) is 0 Å². The summed E-state index contributed by atoms with van der Waals surface area (Å²) in [4.78, 5) is 5.20. The van der Waals surface area contributed by atoms with E-state index >= 15 is 0 Å². The monoisotopic (exact) mass is 356 g/mol. The highest BCUT2D eigenvalue weighted by atomic mass is 16.3. The van der Waals surface area contributed by atoms with Gasteiger partial charge in [0.1, 0.15) is 0 Å². The Hall–Kier alpha value is -1.10. The number of aliphatic hydroxyl groups is 2. The van der Waals surface area contributed by atoms with E-state index in [0.717, 1.165) is 39.0 Å². The number of hydrogen-bond acceptors (Lipinski definition) is 4. The van der Waals surface area contributed by atoms with E-state index < -0.39 is 0 Å². The quantitative estimate of drug-likeness (QED) is 0.854. The van der Waals surface area contributed by atoms with Gasteiger partial charge in [0.15, 0.2) is 0 Å². The van der Waals surface area contributed by atoms with Gasteiger partial charge < -0.3 is 20.0 Å². The zero-order chi connectivity index (χ0) is 17.7. The molecule has 142 valence electrons. The second kappa shape index (κ2) is 6.50. The first-order valence-electron chi connectivity index (χ1n) is 10.6. The van der Waals surface area contributed by atoms with Crippen LogP contribution in [0.1, 0.15) is 49.7 Å². The fraction of sp³-hybridized carbons (Fsp3) is 0.727. The van der Waals surface area contributed by atoms with Crippen LogP contribution in [-0.2, 0) is 12.8 Å².